The van der Waals surface area contributed by atoms with E-state index in [0.717, 1.165) is 23.4 Å². The molecule has 0 spiro atoms. The lowest BCUT2D eigenvalue weighted by Gasteiger charge is -2.35. The van der Waals surface area contributed by atoms with E-state index >= 15 is 0 Å². The van der Waals surface area contributed by atoms with E-state index in [1.54, 1.807) is 16.2 Å². The molecule has 170 valence electrons. The maximum absolute atomic E-state index is 12.5. The molecule has 2 heterocycles. The first kappa shape index (κ1) is 23.5. The third kappa shape index (κ3) is 6.66. The maximum Gasteiger partial charge on any atom is 0.410 e. The molecule has 6 nitrogen and oxygen atoms in total. The number of nitrogens with one attached hydrogen (secondary N) is 1. The molecule has 0 aliphatic carbocycles. The molecule has 7 heteroatoms. The Morgan fingerprint density at radius 2 is 1.90 bits per heavy atom. The number of benzene rings is 1. The highest BCUT2D eigenvalue weighted by molar-refractivity contribution is 7.18. The Labute approximate surface area is 189 Å². The molecule has 1 saturated heterocycles. The van der Waals surface area contributed by atoms with Gasteiger partial charge in [-0.25, -0.2) is 9.78 Å². The van der Waals surface area contributed by atoms with E-state index in [-0.39, 0.29) is 17.9 Å². The van der Waals surface area contributed by atoms with Crippen LogP contribution >= 0.6 is 11.3 Å². The van der Waals surface area contributed by atoms with Gasteiger partial charge in [-0.3, -0.25) is 4.79 Å². The van der Waals surface area contributed by atoms with Gasteiger partial charge in [0.15, 0.2) is 0 Å². The van der Waals surface area contributed by atoms with E-state index in [1.807, 2.05) is 39.0 Å². The zero-order valence-electron chi connectivity index (χ0n) is 19.3. The van der Waals surface area contributed by atoms with Crippen LogP contribution in [0.1, 0.15) is 64.8 Å². The zero-order valence-corrected chi connectivity index (χ0v) is 20.1. The number of carbonyl (C=O) groups is 2. The molecule has 1 aliphatic heterocycles. The predicted molar refractivity (Wildman–Crippen MR) is 125 cm³/mol. The lowest BCUT2D eigenvalue weighted by Crippen LogP contribution is -2.43. The number of para-hydroxylation sites is 1. The van der Waals surface area contributed by atoms with Crippen LogP contribution in [-0.2, 0) is 9.53 Å². The molecular formula is C24H35N3O3S. The highest BCUT2D eigenvalue weighted by atomic mass is 32.1. The summed E-state index contributed by atoms with van der Waals surface area (Å²) in [5.41, 5.74) is 0.550. The average molecular weight is 446 g/mol. The number of piperidine rings is 1. The number of ether oxygens (including phenoxy) is 1. The van der Waals surface area contributed by atoms with Crippen LogP contribution in [0.15, 0.2) is 24.3 Å². The van der Waals surface area contributed by atoms with Gasteiger partial charge in [0, 0.05) is 32.0 Å². The highest BCUT2D eigenvalue weighted by Crippen LogP contribution is 2.29. The Hall–Kier alpha value is -2.15. The second-order valence-corrected chi connectivity index (χ2v) is 10.8. The summed E-state index contributed by atoms with van der Waals surface area (Å²) in [6, 6.07) is 8.13. The molecule has 1 aromatic carbocycles. The van der Waals surface area contributed by atoms with Gasteiger partial charge in [-0.05, 0) is 57.6 Å². The SMILES string of the molecule is C[C@H](CC(=O)NC[C@H](C)c1nc2ccccc2s1)C1CCN(C(=O)OC(C)(C)C)CC1. The summed E-state index contributed by atoms with van der Waals surface area (Å²) in [5.74, 6) is 1.02. The molecule has 1 aliphatic rings. The summed E-state index contributed by atoms with van der Waals surface area (Å²) in [7, 11) is 0. The van der Waals surface area contributed by atoms with Crippen LogP contribution in [0.5, 0.6) is 0 Å². The number of hydrogen-bond acceptors (Lipinski definition) is 5. The van der Waals surface area contributed by atoms with Crippen LogP contribution in [0, 0.1) is 11.8 Å². The minimum absolute atomic E-state index is 0.0926. The largest absolute Gasteiger partial charge is 0.444 e. The van der Waals surface area contributed by atoms with Crippen LogP contribution in [-0.4, -0.2) is 47.1 Å². The van der Waals surface area contributed by atoms with E-state index in [1.165, 1.54) is 4.70 Å². The number of likely N-dealkylation sites (tertiary alicyclic amines) is 1. The van der Waals surface area contributed by atoms with Crippen molar-refractivity contribution in [3.63, 3.8) is 0 Å². The van der Waals surface area contributed by atoms with E-state index in [2.05, 4.69) is 25.2 Å². The first-order valence-electron chi connectivity index (χ1n) is 11.2. The number of nitrogens with zero attached hydrogens (tertiary/aromatic N) is 2. The van der Waals surface area contributed by atoms with Crippen LogP contribution in [0.2, 0.25) is 0 Å². The number of rotatable bonds is 6. The van der Waals surface area contributed by atoms with Crippen molar-refractivity contribution >= 4 is 33.6 Å². The smallest absolute Gasteiger partial charge is 0.410 e. The van der Waals surface area contributed by atoms with Gasteiger partial charge in [-0.2, -0.15) is 0 Å². The van der Waals surface area contributed by atoms with Crippen molar-refractivity contribution in [2.45, 2.75) is 65.4 Å². The molecular weight excluding hydrogens is 410 g/mol. The summed E-state index contributed by atoms with van der Waals surface area (Å²) < 4.78 is 6.65. The van der Waals surface area contributed by atoms with Gasteiger partial charge in [0.05, 0.1) is 15.2 Å². The summed E-state index contributed by atoms with van der Waals surface area (Å²) in [6.07, 6.45) is 2.11. The van der Waals surface area contributed by atoms with Gasteiger partial charge in [0.25, 0.3) is 0 Å². The number of thiazole rings is 1. The molecule has 2 atom stereocenters. The predicted octanol–water partition coefficient (Wildman–Crippen LogP) is 5.19. The molecule has 31 heavy (non-hydrogen) atoms. The van der Waals surface area contributed by atoms with Crippen LogP contribution < -0.4 is 5.32 Å². The van der Waals surface area contributed by atoms with Crippen molar-refractivity contribution in [3.8, 4) is 0 Å². The quantitative estimate of drug-likeness (QED) is 0.664. The lowest BCUT2D eigenvalue weighted by molar-refractivity contribution is -0.122. The fraction of sp³-hybridized carbons (Fsp3) is 0.625. The molecule has 0 saturated carbocycles. The third-order valence-corrected chi connectivity index (χ3v) is 7.11. The Morgan fingerprint density at radius 3 is 2.55 bits per heavy atom. The molecule has 0 unspecified atom stereocenters. The van der Waals surface area contributed by atoms with Crippen molar-refractivity contribution in [2.24, 2.45) is 11.8 Å². The molecule has 0 bridgehead atoms. The summed E-state index contributed by atoms with van der Waals surface area (Å²) in [6.45, 7) is 11.9. The lowest BCUT2D eigenvalue weighted by atomic mass is 9.83. The Balaban J connectivity index is 1.41. The van der Waals surface area contributed by atoms with E-state index in [0.29, 0.717) is 37.9 Å². The normalized spacial score (nSPS) is 17.4. The van der Waals surface area contributed by atoms with Crippen molar-refractivity contribution in [1.29, 1.82) is 0 Å². The maximum atomic E-state index is 12.5. The molecule has 3 rings (SSSR count). The Kier molecular flexibility index (Phi) is 7.57. The van der Waals surface area contributed by atoms with Gasteiger partial charge in [0.2, 0.25) is 5.91 Å². The zero-order chi connectivity index (χ0) is 22.6. The minimum atomic E-state index is -0.470. The monoisotopic (exact) mass is 445 g/mol. The van der Waals surface area contributed by atoms with E-state index in [4.69, 9.17) is 9.72 Å². The second kappa shape index (κ2) is 9.98. The van der Waals surface area contributed by atoms with Gasteiger partial charge in [0.1, 0.15) is 5.60 Å². The standard InChI is InChI=1S/C24H35N3O3S/c1-16(18-10-12-27(13-11-18)23(29)30-24(3,4)5)14-21(28)25-15-17(2)22-26-19-8-6-7-9-20(19)31-22/h6-9,16-18H,10-15H2,1-5H3,(H,25,28)/t16-,17+/m1/s1. The molecule has 2 amide bonds. The summed E-state index contributed by atoms with van der Waals surface area (Å²) in [5, 5.41) is 4.15. The Bertz CT molecular complexity index is 864. The summed E-state index contributed by atoms with van der Waals surface area (Å²) in [4.78, 5) is 31.2. The van der Waals surface area contributed by atoms with Gasteiger partial charge < -0.3 is 15.0 Å². The van der Waals surface area contributed by atoms with Crippen LogP contribution in [0.4, 0.5) is 4.79 Å². The molecule has 1 N–H and O–H groups in total. The van der Waals surface area contributed by atoms with E-state index < -0.39 is 5.60 Å². The van der Waals surface area contributed by atoms with Crippen molar-refractivity contribution in [1.82, 2.24) is 15.2 Å². The van der Waals surface area contributed by atoms with E-state index in [9.17, 15) is 9.59 Å². The summed E-state index contributed by atoms with van der Waals surface area (Å²) >= 11 is 1.69. The fourth-order valence-electron chi connectivity index (χ4n) is 3.96. The topological polar surface area (TPSA) is 71.5 Å². The van der Waals surface area contributed by atoms with Crippen molar-refractivity contribution in [3.05, 3.63) is 29.3 Å². The molecule has 0 radical (unpaired) electrons. The number of hydrogen-bond donors (Lipinski definition) is 1. The fourth-order valence-corrected chi connectivity index (χ4v) is 4.98. The second-order valence-electron chi connectivity index (χ2n) is 9.71. The molecule has 2 aromatic rings. The van der Waals surface area contributed by atoms with Crippen LogP contribution in [0.25, 0.3) is 10.2 Å². The number of aromatic nitrogens is 1. The first-order valence-corrected chi connectivity index (χ1v) is 12.0. The van der Waals surface area contributed by atoms with Crippen molar-refractivity contribution < 1.29 is 14.3 Å². The number of amides is 2. The highest BCUT2D eigenvalue weighted by Gasteiger charge is 2.29. The van der Waals surface area contributed by atoms with Gasteiger partial charge in [-0.15, -0.1) is 11.3 Å². The number of fused-ring (bicyclic) bond motifs is 1. The third-order valence-electron chi connectivity index (χ3n) is 5.84. The number of carbonyl (C=O) groups excluding carboxylic acids is 2. The van der Waals surface area contributed by atoms with Crippen LogP contribution in [0.3, 0.4) is 0 Å². The Morgan fingerprint density at radius 1 is 1.23 bits per heavy atom. The van der Waals surface area contributed by atoms with Gasteiger partial charge >= 0.3 is 6.09 Å². The van der Waals surface area contributed by atoms with Crippen molar-refractivity contribution in [2.75, 3.05) is 19.6 Å². The first-order chi connectivity index (χ1) is 14.6. The average Bonchev–Trinajstić information content (AvgIpc) is 3.15. The minimum Gasteiger partial charge on any atom is -0.444 e. The molecule has 1 fully saturated rings. The molecule has 1 aromatic heterocycles. The van der Waals surface area contributed by atoms with Gasteiger partial charge in [-0.1, -0.05) is 26.0 Å².